The number of hydrogen-bond acceptors (Lipinski definition) is 2. The number of Topliss-reactive ketones (excluding diaryl/α,β-unsaturated/α-hetero) is 2. The summed E-state index contributed by atoms with van der Waals surface area (Å²) >= 11 is 0. The Hall–Kier alpha value is -3.26. The fourth-order valence-corrected chi connectivity index (χ4v) is 5.99. The zero-order chi connectivity index (χ0) is 28.2. The van der Waals surface area contributed by atoms with E-state index in [9.17, 15) is 9.59 Å². The number of ketones is 2. The van der Waals surface area contributed by atoms with E-state index in [4.69, 9.17) is 0 Å². The highest BCUT2D eigenvalue weighted by atomic mass is 16.2. The fraction of sp³-hybridized carbons (Fsp3) is 0.421. The van der Waals surface area contributed by atoms with Crippen LogP contribution >= 0.6 is 0 Å². The van der Waals surface area contributed by atoms with E-state index in [-0.39, 0.29) is 0 Å². The molecule has 4 aromatic rings. The Kier molecular flexibility index (Phi) is 11.5. The smallest absolute Gasteiger partial charge is 0.234 e. The topological polar surface area (TPSA) is 34.1 Å². The largest absolute Gasteiger partial charge is 0.285 e. The van der Waals surface area contributed by atoms with E-state index in [1.165, 1.54) is 75.3 Å². The summed E-state index contributed by atoms with van der Waals surface area (Å²) in [4.78, 5) is 27.4. The molecule has 0 N–H and O–H groups in total. The molecule has 0 saturated carbocycles. The lowest BCUT2D eigenvalue weighted by Gasteiger charge is -2.13. The van der Waals surface area contributed by atoms with Crippen molar-refractivity contribution >= 4 is 33.1 Å². The quantitative estimate of drug-likeness (QED) is 0.0767. The van der Waals surface area contributed by atoms with Gasteiger partial charge < -0.3 is 0 Å². The Balaban J connectivity index is 1.53. The molecule has 2 heteroatoms. The van der Waals surface area contributed by atoms with Crippen molar-refractivity contribution in [3.63, 3.8) is 0 Å². The third-order valence-electron chi connectivity index (χ3n) is 8.32. The molecule has 2 nitrogen and oxygen atoms in total. The number of hydrogen-bond donors (Lipinski definition) is 0. The molecule has 210 valence electrons. The summed E-state index contributed by atoms with van der Waals surface area (Å²) in [6, 6.07) is 24.0. The van der Waals surface area contributed by atoms with Crippen LogP contribution in [-0.4, -0.2) is 11.6 Å². The minimum absolute atomic E-state index is 0.420. The Morgan fingerprint density at radius 2 is 0.775 bits per heavy atom. The van der Waals surface area contributed by atoms with Gasteiger partial charge in [0.2, 0.25) is 11.6 Å². The van der Waals surface area contributed by atoms with E-state index in [0.717, 1.165) is 47.2 Å². The molecule has 4 aromatic carbocycles. The van der Waals surface area contributed by atoms with Gasteiger partial charge in [-0.2, -0.15) is 0 Å². The molecule has 0 radical (unpaired) electrons. The van der Waals surface area contributed by atoms with E-state index in [2.05, 4.69) is 38.1 Å². The second-order valence-corrected chi connectivity index (χ2v) is 11.3. The van der Waals surface area contributed by atoms with Crippen LogP contribution in [0.25, 0.3) is 21.5 Å². The van der Waals surface area contributed by atoms with E-state index < -0.39 is 11.6 Å². The van der Waals surface area contributed by atoms with Gasteiger partial charge in [-0.15, -0.1) is 0 Å². The minimum atomic E-state index is -0.420. The monoisotopic (exact) mass is 534 g/mol. The van der Waals surface area contributed by atoms with Crippen molar-refractivity contribution < 1.29 is 9.59 Å². The van der Waals surface area contributed by atoms with Gasteiger partial charge in [0.1, 0.15) is 0 Å². The van der Waals surface area contributed by atoms with Gasteiger partial charge in [0.05, 0.1) is 0 Å². The summed E-state index contributed by atoms with van der Waals surface area (Å²) < 4.78 is 0. The molecule has 40 heavy (non-hydrogen) atoms. The first-order valence-electron chi connectivity index (χ1n) is 15.8. The standard InChI is InChI=1S/C38H46O2/c1-3-5-7-9-11-13-19-29-25-27-35(33-23-17-15-21-31(29)33)37(39)38(40)36-28-26-30(20-14-12-10-8-6-4-2)32-22-16-18-24-34(32)36/h15-18,21-28H,3-14,19-20H2,1-2H3. The summed E-state index contributed by atoms with van der Waals surface area (Å²) in [7, 11) is 0. The molecule has 0 unspecified atom stereocenters. The summed E-state index contributed by atoms with van der Waals surface area (Å²) in [5.74, 6) is -0.840. The summed E-state index contributed by atoms with van der Waals surface area (Å²) in [5, 5.41) is 3.95. The number of rotatable bonds is 17. The molecule has 0 bridgehead atoms. The normalized spacial score (nSPS) is 11.3. The maximum Gasteiger partial charge on any atom is 0.234 e. The minimum Gasteiger partial charge on any atom is -0.285 e. The molecule has 0 aromatic heterocycles. The number of benzene rings is 4. The zero-order valence-electron chi connectivity index (χ0n) is 24.6. The molecule has 0 fully saturated rings. The van der Waals surface area contributed by atoms with E-state index >= 15 is 0 Å². The molecule has 0 aliphatic carbocycles. The molecular formula is C38H46O2. The van der Waals surface area contributed by atoms with Crippen LogP contribution in [0.15, 0.2) is 72.8 Å². The van der Waals surface area contributed by atoms with Crippen molar-refractivity contribution in [1.82, 2.24) is 0 Å². The van der Waals surface area contributed by atoms with Crippen LogP contribution < -0.4 is 0 Å². The van der Waals surface area contributed by atoms with Gasteiger partial charge in [-0.25, -0.2) is 0 Å². The molecule has 0 heterocycles. The molecular weight excluding hydrogens is 488 g/mol. The van der Waals surface area contributed by atoms with Gasteiger partial charge in [-0.3, -0.25) is 9.59 Å². The van der Waals surface area contributed by atoms with Crippen molar-refractivity contribution in [2.45, 2.75) is 104 Å². The van der Waals surface area contributed by atoms with Gasteiger partial charge in [0.15, 0.2) is 0 Å². The first kappa shape index (κ1) is 29.7. The lowest BCUT2D eigenvalue weighted by atomic mass is 9.89. The second-order valence-electron chi connectivity index (χ2n) is 11.3. The maximum absolute atomic E-state index is 13.7. The van der Waals surface area contributed by atoms with Gasteiger partial charge in [-0.05, 0) is 70.5 Å². The maximum atomic E-state index is 13.7. The predicted octanol–water partition coefficient (Wildman–Crippen LogP) is 10.9. The molecule has 0 amide bonds. The Labute approximate surface area is 241 Å². The van der Waals surface area contributed by atoms with Crippen LogP contribution in [0.3, 0.4) is 0 Å². The predicted molar refractivity (Wildman–Crippen MR) is 171 cm³/mol. The number of fused-ring (bicyclic) bond motifs is 2. The van der Waals surface area contributed by atoms with Crippen LogP contribution in [0, 0.1) is 0 Å². The fourth-order valence-electron chi connectivity index (χ4n) is 5.99. The molecule has 0 atom stereocenters. The summed E-state index contributed by atoms with van der Waals surface area (Å²) in [5.41, 5.74) is 3.54. The highest BCUT2D eigenvalue weighted by Gasteiger charge is 2.23. The first-order valence-corrected chi connectivity index (χ1v) is 15.8. The van der Waals surface area contributed by atoms with Gasteiger partial charge in [0, 0.05) is 11.1 Å². The van der Waals surface area contributed by atoms with Gasteiger partial charge >= 0.3 is 0 Å². The lowest BCUT2D eigenvalue weighted by molar-refractivity contribution is 0.0819. The van der Waals surface area contributed by atoms with Crippen LogP contribution in [0.4, 0.5) is 0 Å². The Bertz CT molecular complexity index is 1300. The lowest BCUT2D eigenvalue weighted by Crippen LogP contribution is -2.16. The highest BCUT2D eigenvalue weighted by molar-refractivity contribution is 6.52. The third kappa shape index (κ3) is 7.47. The molecule has 4 rings (SSSR count). The van der Waals surface area contributed by atoms with Crippen molar-refractivity contribution in [3.05, 3.63) is 95.1 Å². The van der Waals surface area contributed by atoms with E-state index in [1.54, 1.807) is 0 Å². The van der Waals surface area contributed by atoms with Crippen molar-refractivity contribution in [3.8, 4) is 0 Å². The Morgan fingerprint density at radius 1 is 0.425 bits per heavy atom. The first-order chi connectivity index (χ1) is 19.7. The summed E-state index contributed by atoms with van der Waals surface area (Å²) in [6.07, 6.45) is 17.1. The Morgan fingerprint density at radius 3 is 1.18 bits per heavy atom. The van der Waals surface area contributed by atoms with Crippen LogP contribution in [-0.2, 0) is 12.8 Å². The number of aryl methyl sites for hydroxylation is 2. The molecule has 0 saturated heterocycles. The van der Waals surface area contributed by atoms with Gasteiger partial charge in [0.25, 0.3) is 0 Å². The molecule has 0 aliphatic rings. The number of unbranched alkanes of at least 4 members (excludes halogenated alkanes) is 10. The van der Waals surface area contributed by atoms with Crippen LogP contribution in [0.2, 0.25) is 0 Å². The third-order valence-corrected chi connectivity index (χ3v) is 8.32. The SMILES string of the molecule is CCCCCCCCc1ccc(C(=O)C(=O)c2ccc(CCCCCCCC)c3ccccc23)c2ccccc12. The van der Waals surface area contributed by atoms with E-state index in [0.29, 0.717) is 11.1 Å². The van der Waals surface area contributed by atoms with Gasteiger partial charge in [-0.1, -0.05) is 139 Å². The zero-order valence-corrected chi connectivity index (χ0v) is 24.6. The van der Waals surface area contributed by atoms with Crippen molar-refractivity contribution in [1.29, 1.82) is 0 Å². The van der Waals surface area contributed by atoms with Crippen molar-refractivity contribution in [2.24, 2.45) is 0 Å². The number of carbonyl (C=O) groups is 2. The average molecular weight is 535 g/mol. The summed E-state index contributed by atoms with van der Waals surface area (Å²) in [6.45, 7) is 4.49. The molecule has 0 aliphatic heterocycles. The van der Waals surface area contributed by atoms with E-state index in [1.807, 2.05) is 48.5 Å². The number of carbonyl (C=O) groups excluding carboxylic acids is 2. The van der Waals surface area contributed by atoms with Crippen LogP contribution in [0.1, 0.15) is 123 Å². The van der Waals surface area contributed by atoms with Crippen molar-refractivity contribution in [2.75, 3.05) is 0 Å². The average Bonchev–Trinajstić information content (AvgIpc) is 3.00. The highest BCUT2D eigenvalue weighted by Crippen LogP contribution is 2.29. The second kappa shape index (κ2) is 15.5. The van der Waals surface area contributed by atoms with Crippen LogP contribution in [0.5, 0.6) is 0 Å². The molecule has 0 spiro atoms.